The van der Waals surface area contributed by atoms with Crippen LogP contribution in [0.2, 0.25) is 0 Å². The molecule has 0 bridgehead atoms. The molecule has 1 amide bonds. The number of rotatable bonds is 8. The Balaban J connectivity index is 1.69. The van der Waals surface area contributed by atoms with Crippen LogP contribution in [0.1, 0.15) is 41.9 Å². The van der Waals surface area contributed by atoms with Crippen molar-refractivity contribution in [1.29, 1.82) is 0 Å². The summed E-state index contributed by atoms with van der Waals surface area (Å²) in [5, 5.41) is 6.63. The molecule has 8 nitrogen and oxygen atoms in total. The van der Waals surface area contributed by atoms with Crippen molar-refractivity contribution in [2.45, 2.75) is 38.6 Å². The number of nitrogens with zero attached hydrogens (tertiary/aromatic N) is 1. The summed E-state index contributed by atoms with van der Waals surface area (Å²) >= 11 is 0. The Bertz CT molecular complexity index is 1160. The highest BCUT2D eigenvalue weighted by Crippen LogP contribution is 2.23. The van der Waals surface area contributed by atoms with Gasteiger partial charge in [-0.2, -0.15) is 0 Å². The maximum Gasteiger partial charge on any atom is 0.240 e. The number of carbonyl (C=O) groups is 1. The Kier molecular flexibility index (Phi) is 6.53. The van der Waals surface area contributed by atoms with E-state index in [-0.39, 0.29) is 17.3 Å². The molecule has 0 aliphatic rings. The number of sulfonamides is 1. The predicted molar refractivity (Wildman–Crippen MR) is 113 cm³/mol. The second-order valence-electron chi connectivity index (χ2n) is 6.65. The quantitative estimate of drug-likeness (QED) is 0.562. The maximum absolute atomic E-state index is 12.4. The van der Waals surface area contributed by atoms with E-state index in [9.17, 15) is 13.2 Å². The zero-order chi connectivity index (χ0) is 21.7. The Morgan fingerprint density at radius 1 is 1.10 bits per heavy atom. The molecular formula is C21H23N3O5S. The summed E-state index contributed by atoms with van der Waals surface area (Å²) in [4.78, 5) is 11.8. The monoisotopic (exact) mass is 429 g/mol. The van der Waals surface area contributed by atoms with Gasteiger partial charge in [-0.05, 0) is 49.8 Å². The molecule has 2 aromatic heterocycles. The molecule has 0 radical (unpaired) electrons. The van der Waals surface area contributed by atoms with E-state index < -0.39 is 10.0 Å². The number of aromatic nitrogens is 1. The molecule has 3 rings (SSSR count). The number of hydrogen-bond acceptors (Lipinski definition) is 6. The van der Waals surface area contributed by atoms with E-state index in [0.717, 1.165) is 11.3 Å². The Morgan fingerprint density at radius 3 is 2.47 bits per heavy atom. The van der Waals surface area contributed by atoms with Crippen molar-refractivity contribution in [2.24, 2.45) is 0 Å². The molecule has 0 aliphatic carbocycles. The minimum absolute atomic E-state index is 0.0783. The molecule has 3 aromatic rings. The van der Waals surface area contributed by atoms with Gasteiger partial charge in [-0.1, -0.05) is 30.3 Å². The van der Waals surface area contributed by atoms with Crippen LogP contribution in [0.25, 0.3) is 12.2 Å². The first-order valence-corrected chi connectivity index (χ1v) is 10.9. The van der Waals surface area contributed by atoms with Crippen molar-refractivity contribution >= 4 is 33.8 Å². The molecular weight excluding hydrogens is 406 g/mol. The van der Waals surface area contributed by atoms with Crippen molar-refractivity contribution in [3.8, 4) is 0 Å². The Morgan fingerprint density at radius 2 is 1.83 bits per heavy atom. The molecule has 0 saturated carbocycles. The summed E-state index contributed by atoms with van der Waals surface area (Å²) in [6.45, 7) is 5.37. The maximum atomic E-state index is 12.4. The molecule has 0 saturated heterocycles. The predicted octanol–water partition coefficient (Wildman–Crippen LogP) is 3.88. The first-order chi connectivity index (χ1) is 14.3. The summed E-state index contributed by atoms with van der Waals surface area (Å²) in [7, 11) is -3.66. The molecule has 0 unspecified atom stereocenters. The Labute approximate surface area is 175 Å². The van der Waals surface area contributed by atoms with E-state index >= 15 is 0 Å². The van der Waals surface area contributed by atoms with Crippen LogP contribution >= 0.6 is 0 Å². The van der Waals surface area contributed by atoms with Crippen molar-refractivity contribution in [3.63, 3.8) is 0 Å². The lowest BCUT2D eigenvalue weighted by atomic mass is 10.2. The van der Waals surface area contributed by atoms with Crippen LogP contribution in [0.4, 0.5) is 5.69 Å². The minimum atomic E-state index is -3.66. The molecule has 1 aromatic carbocycles. The Hall–Kier alpha value is -3.17. The summed E-state index contributed by atoms with van der Waals surface area (Å²) in [5.41, 5.74) is 1.86. The standard InChI is InChI=1S/C21H23N3O5S/c1-4-20(25)23-21-15(3)24-29-19(21)12-8-16-6-10-18(11-7-16)30(26,27)22-13-17-9-5-14(2)28-17/h5-12,22H,4,13H2,1-3H3,(H,23,25)/b12-8-. The summed E-state index contributed by atoms with van der Waals surface area (Å²) in [6, 6.07) is 9.89. The third-order valence-corrected chi connectivity index (χ3v) is 5.74. The zero-order valence-corrected chi connectivity index (χ0v) is 17.7. The van der Waals surface area contributed by atoms with Gasteiger partial charge >= 0.3 is 0 Å². The van der Waals surface area contributed by atoms with Crippen LogP contribution < -0.4 is 10.0 Å². The number of benzene rings is 1. The van der Waals surface area contributed by atoms with Gasteiger partial charge in [0.2, 0.25) is 15.9 Å². The number of carbonyl (C=O) groups excluding carboxylic acids is 1. The van der Waals surface area contributed by atoms with Gasteiger partial charge in [-0.3, -0.25) is 4.79 Å². The number of aryl methyl sites for hydroxylation is 2. The van der Waals surface area contributed by atoms with Crippen LogP contribution in [-0.4, -0.2) is 19.5 Å². The van der Waals surface area contributed by atoms with Gasteiger partial charge in [-0.15, -0.1) is 0 Å². The topological polar surface area (TPSA) is 114 Å². The third-order valence-electron chi connectivity index (χ3n) is 4.32. The first-order valence-electron chi connectivity index (χ1n) is 9.37. The molecule has 158 valence electrons. The fourth-order valence-electron chi connectivity index (χ4n) is 2.64. The lowest BCUT2D eigenvalue weighted by Crippen LogP contribution is -2.22. The number of amides is 1. The van der Waals surface area contributed by atoms with Crippen LogP contribution in [0.5, 0.6) is 0 Å². The fraction of sp³-hybridized carbons (Fsp3) is 0.238. The van der Waals surface area contributed by atoms with Crippen LogP contribution in [-0.2, 0) is 21.4 Å². The molecule has 2 heterocycles. The second kappa shape index (κ2) is 9.10. The molecule has 0 aliphatic heterocycles. The third kappa shape index (κ3) is 5.25. The van der Waals surface area contributed by atoms with Crippen molar-refractivity contribution in [1.82, 2.24) is 9.88 Å². The van der Waals surface area contributed by atoms with Gasteiger partial charge in [-0.25, -0.2) is 13.1 Å². The first kappa shape index (κ1) is 21.5. The molecule has 9 heteroatoms. The van der Waals surface area contributed by atoms with Crippen molar-refractivity contribution in [2.75, 3.05) is 5.32 Å². The minimum Gasteiger partial charge on any atom is -0.465 e. The van der Waals surface area contributed by atoms with Crippen LogP contribution in [0.3, 0.4) is 0 Å². The van der Waals surface area contributed by atoms with Gasteiger partial charge in [0.15, 0.2) is 5.76 Å². The number of hydrogen-bond donors (Lipinski definition) is 2. The lowest BCUT2D eigenvalue weighted by Gasteiger charge is -2.06. The summed E-state index contributed by atoms with van der Waals surface area (Å²) < 4.78 is 38.0. The summed E-state index contributed by atoms with van der Waals surface area (Å²) in [5.74, 6) is 1.55. The van der Waals surface area contributed by atoms with Crippen LogP contribution in [0.15, 0.2) is 50.2 Å². The average Bonchev–Trinajstić information content (AvgIpc) is 3.31. The molecule has 0 fully saturated rings. The second-order valence-corrected chi connectivity index (χ2v) is 8.42. The van der Waals surface area contributed by atoms with E-state index in [1.807, 2.05) is 0 Å². The van der Waals surface area contributed by atoms with E-state index in [1.54, 1.807) is 57.2 Å². The number of furan rings is 1. The van der Waals surface area contributed by atoms with Gasteiger partial charge in [0.1, 0.15) is 22.9 Å². The highest BCUT2D eigenvalue weighted by Gasteiger charge is 2.15. The van der Waals surface area contributed by atoms with Gasteiger partial charge in [0.05, 0.1) is 11.4 Å². The normalized spacial score (nSPS) is 11.8. The number of nitrogens with one attached hydrogen (secondary N) is 2. The van der Waals surface area contributed by atoms with E-state index in [2.05, 4.69) is 15.2 Å². The highest BCUT2D eigenvalue weighted by molar-refractivity contribution is 7.89. The van der Waals surface area contributed by atoms with E-state index in [1.165, 1.54) is 12.1 Å². The van der Waals surface area contributed by atoms with Gasteiger partial charge < -0.3 is 14.3 Å². The average molecular weight is 429 g/mol. The lowest BCUT2D eigenvalue weighted by molar-refractivity contribution is -0.115. The van der Waals surface area contributed by atoms with E-state index in [4.69, 9.17) is 8.94 Å². The van der Waals surface area contributed by atoms with Gasteiger partial charge in [0.25, 0.3) is 0 Å². The largest absolute Gasteiger partial charge is 0.465 e. The molecule has 0 atom stereocenters. The SMILES string of the molecule is CCC(=O)Nc1c(C)noc1/C=C\c1ccc(S(=O)(=O)NCc2ccc(C)o2)cc1. The fourth-order valence-corrected chi connectivity index (χ4v) is 3.63. The molecule has 2 N–H and O–H groups in total. The van der Waals surface area contributed by atoms with Crippen molar-refractivity contribution in [3.05, 3.63) is 64.9 Å². The summed E-state index contributed by atoms with van der Waals surface area (Å²) in [6.07, 6.45) is 3.76. The zero-order valence-electron chi connectivity index (χ0n) is 16.9. The van der Waals surface area contributed by atoms with Crippen LogP contribution in [0, 0.1) is 13.8 Å². The van der Waals surface area contributed by atoms with Gasteiger partial charge in [0, 0.05) is 6.42 Å². The van der Waals surface area contributed by atoms with Crippen molar-refractivity contribution < 1.29 is 22.2 Å². The highest BCUT2D eigenvalue weighted by atomic mass is 32.2. The van der Waals surface area contributed by atoms with E-state index in [0.29, 0.717) is 29.3 Å². The number of anilines is 1. The molecule has 0 spiro atoms. The molecule has 30 heavy (non-hydrogen) atoms. The smallest absolute Gasteiger partial charge is 0.240 e.